The number of methoxy groups -OCH3 is 1. The van der Waals surface area contributed by atoms with Gasteiger partial charge in [-0.2, -0.15) is 0 Å². The van der Waals surface area contributed by atoms with Gasteiger partial charge in [0, 0.05) is 18.7 Å². The number of carboxylic acids is 1. The third kappa shape index (κ3) is 3.07. The molecule has 0 spiro atoms. The first-order valence-electron chi connectivity index (χ1n) is 8.18. The minimum absolute atomic E-state index is 0.0297. The number of ether oxygens (including phenoxy) is 1. The lowest BCUT2D eigenvalue weighted by Gasteiger charge is -2.34. The Bertz CT molecular complexity index is 723. The van der Waals surface area contributed by atoms with Crippen molar-refractivity contribution in [3.8, 4) is 5.75 Å². The van der Waals surface area contributed by atoms with Gasteiger partial charge in [-0.05, 0) is 31.2 Å². The average Bonchev–Trinajstić information content (AvgIpc) is 2.62. The third-order valence-corrected chi connectivity index (χ3v) is 4.77. The first kappa shape index (κ1) is 16.3. The van der Waals surface area contributed by atoms with Gasteiger partial charge in [0.15, 0.2) is 11.4 Å². The van der Waals surface area contributed by atoms with Crippen LogP contribution in [0.1, 0.15) is 40.4 Å². The van der Waals surface area contributed by atoms with Crippen LogP contribution in [0.3, 0.4) is 0 Å². The summed E-state index contributed by atoms with van der Waals surface area (Å²) in [5.41, 5.74) is 3.16. The molecule has 2 aromatic rings. The summed E-state index contributed by atoms with van der Waals surface area (Å²) >= 11 is 0. The van der Waals surface area contributed by atoms with Gasteiger partial charge < -0.3 is 14.7 Å². The maximum Gasteiger partial charge on any atom is 0.358 e. The Balaban J connectivity index is 1.78. The van der Waals surface area contributed by atoms with Gasteiger partial charge in [-0.15, -0.1) is 0 Å². The Hall–Kier alpha value is -2.56. The van der Waals surface area contributed by atoms with E-state index in [1.807, 2.05) is 13.0 Å². The highest BCUT2D eigenvalue weighted by Crippen LogP contribution is 2.35. The molecule has 5 nitrogen and oxygen atoms in total. The van der Waals surface area contributed by atoms with E-state index in [0.717, 1.165) is 37.2 Å². The largest absolute Gasteiger partial charge is 0.494 e. The highest BCUT2D eigenvalue weighted by Gasteiger charge is 2.25. The second kappa shape index (κ2) is 6.91. The molecule has 24 heavy (non-hydrogen) atoms. The number of nitrogens with zero attached hydrogens (tertiary/aromatic N) is 2. The number of benzene rings is 1. The Kier molecular flexibility index (Phi) is 4.69. The molecule has 1 aromatic carbocycles. The summed E-state index contributed by atoms with van der Waals surface area (Å²) in [7, 11) is 1.49. The van der Waals surface area contributed by atoms with E-state index in [9.17, 15) is 9.90 Å². The fraction of sp³-hybridized carbons (Fsp3) is 0.368. The highest BCUT2D eigenvalue weighted by molar-refractivity contribution is 5.90. The molecule has 126 valence electrons. The molecule has 0 aliphatic carbocycles. The van der Waals surface area contributed by atoms with Crippen LogP contribution in [-0.4, -0.2) is 36.3 Å². The number of anilines is 1. The van der Waals surface area contributed by atoms with Crippen LogP contribution in [0.2, 0.25) is 0 Å². The van der Waals surface area contributed by atoms with Gasteiger partial charge in [0.2, 0.25) is 0 Å². The predicted molar refractivity (Wildman–Crippen MR) is 93.1 cm³/mol. The van der Waals surface area contributed by atoms with Gasteiger partial charge in [-0.1, -0.05) is 30.3 Å². The fourth-order valence-corrected chi connectivity index (χ4v) is 3.47. The Morgan fingerprint density at radius 2 is 1.92 bits per heavy atom. The number of piperidine rings is 1. The molecule has 5 heteroatoms. The van der Waals surface area contributed by atoms with Crippen molar-refractivity contribution in [2.75, 3.05) is 25.1 Å². The van der Waals surface area contributed by atoms with Crippen LogP contribution < -0.4 is 9.64 Å². The van der Waals surface area contributed by atoms with E-state index < -0.39 is 5.97 Å². The molecule has 0 radical (unpaired) electrons. The molecule has 1 aromatic heterocycles. The zero-order valence-corrected chi connectivity index (χ0v) is 14.0. The quantitative estimate of drug-likeness (QED) is 0.932. The summed E-state index contributed by atoms with van der Waals surface area (Å²) in [6, 6.07) is 10.6. The molecule has 0 bridgehead atoms. The molecule has 1 fully saturated rings. The van der Waals surface area contributed by atoms with E-state index >= 15 is 0 Å². The van der Waals surface area contributed by atoms with Gasteiger partial charge >= 0.3 is 5.97 Å². The number of hydrogen-bond donors (Lipinski definition) is 1. The van der Waals surface area contributed by atoms with Crippen LogP contribution >= 0.6 is 0 Å². The SMILES string of the molecule is COc1c(C(=O)O)ncc(N2CCC(c3ccccc3)CC2)c1C. The van der Waals surface area contributed by atoms with E-state index in [0.29, 0.717) is 11.7 Å². The van der Waals surface area contributed by atoms with Crippen LogP contribution in [0.15, 0.2) is 36.5 Å². The summed E-state index contributed by atoms with van der Waals surface area (Å²) < 4.78 is 5.29. The number of carboxylic acid groups (broad SMARTS) is 1. The Morgan fingerprint density at radius 3 is 2.50 bits per heavy atom. The van der Waals surface area contributed by atoms with Crippen LogP contribution in [0, 0.1) is 6.92 Å². The zero-order chi connectivity index (χ0) is 17.1. The Labute approximate surface area is 141 Å². The average molecular weight is 326 g/mol. The molecule has 1 N–H and O–H groups in total. The van der Waals surface area contributed by atoms with Crippen LogP contribution in [0.25, 0.3) is 0 Å². The van der Waals surface area contributed by atoms with Crippen LogP contribution in [-0.2, 0) is 0 Å². The molecule has 1 aliphatic heterocycles. The van der Waals surface area contributed by atoms with Crippen molar-refractivity contribution in [3.05, 3.63) is 53.3 Å². The summed E-state index contributed by atoms with van der Waals surface area (Å²) in [5, 5.41) is 9.23. The van der Waals surface area contributed by atoms with Crippen molar-refractivity contribution >= 4 is 11.7 Å². The van der Waals surface area contributed by atoms with Crippen molar-refractivity contribution in [1.82, 2.24) is 4.98 Å². The first-order chi connectivity index (χ1) is 11.6. The normalized spacial score (nSPS) is 15.3. The van der Waals surface area contributed by atoms with E-state index in [-0.39, 0.29) is 5.69 Å². The second-order valence-electron chi connectivity index (χ2n) is 6.13. The molecular weight excluding hydrogens is 304 g/mol. The zero-order valence-electron chi connectivity index (χ0n) is 14.0. The van der Waals surface area contributed by atoms with Gasteiger partial charge in [0.25, 0.3) is 0 Å². The highest BCUT2D eigenvalue weighted by atomic mass is 16.5. The minimum atomic E-state index is -1.07. The van der Waals surface area contributed by atoms with Crippen molar-refractivity contribution in [3.63, 3.8) is 0 Å². The second-order valence-corrected chi connectivity index (χ2v) is 6.13. The number of aromatic carboxylic acids is 1. The maximum atomic E-state index is 11.3. The van der Waals surface area contributed by atoms with Crippen molar-refractivity contribution in [1.29, 1.82) is 0 Å². The first-order valence-corrected chi connectivity index (χ1v) is 8.18. The Morgan fingerprint density at radius 1 is 1.25 bits per heavy atom. The molecule has 3 rings (SSSR count). The standard InChI is InChI=1S/C19H22N2O3/c1-13-16(12-20-17(19(22)23)18(13)24-2)21-10-8-15(9-11-21)14-6-4-3-5-7-14/h3-7,12,15H,8-11H2,1-2H3,(H,22,23). The smallest absolute Gasteiger partial charge is 0.358 e. The number of aromatic nitrogens is 1. The van der Waals surface area contributed by atoms with Crippen molar-refractivity contribution in [2.45, 2.75) is 25.7 Å². The lowest BCUT2D eigenvalue weighted by Crippen LogP contribution is -2.33. The third-order valence-electron chi connectivity index (χ3n) is 4.77. The lowest BCUT2D eigenvalue weighted by molar-refractivity contribution is 0.0686. The van der Waals surface area contributed by atoms with Gasteiger partial charge in [0.1, 0.15) is 0 Å². The van der Waals surface area contributed by atoms with Gasteiger partial charge in [-0.3, -0.25) is 0 Å². The number of carbonyl (C=O) groups is 1. The molecule has 1 aliphatic rings. The van der Waals surface area contributed by atoms with Crippen LogP contribution in [0.4, 0.5) is 5.69 Å². The van der Waals surface area contributed by atoms with Crippen molar-refractivity contribution in [2.24, 2.45) is 0 Å². The van der Waals surface area contributed by atoms with Gasteiger partial charge in [0.05, 0.1) is 19.0 Å². The van der Waals surface area contributed by atoms with E-state index in [2.05, 4.69) is 34.1 Å². The molecule has 0 atom stereocenters. The van der Waals surface area contributed by atoms with Crippen LogP contribution in [0.5, 0.6) is 5.75 Å². The summed E-state index contributed by atoms with van der Waals surface area (Å²) in [6.45, 7) is 3.75. The topological polar surface area (TPSA) is 62.7 Å². The minimum Gasteiger partial charge on any atom is -0.494 e. The maximum absolute atomic E-state index is 11.3. The van der Waals surface area contributed by atoms with Gasteiger partial charge in [-0.25, -0.2) is 9.78 Å². The molecule has 0 amide bonds. The number of hydrogen-bond acceptors (Lipinski definition) is 4. The molecule has 2 heterocycles. The lowest BCUT2D eigenvalue weighted by atomic mass is 9.89. The molecule has 1 saturated heterocycles. The molecule has 0 saturated carbocycles. The van der Waals surface area contributed by atoms with E-state index in [1.54, 1.807) is 6.20 Å². The summed E-state index contributed by atoms with van der Waals surface area (Å²) in [6.07, 6.45) is 3.81. The van der Waals surface area contributed by atoms with E-state index in [1.165, 1.54) is 12.7 Å². The molecule has 0 unspecified atom stereocenters. The fourth-order valence-electron chi connectivity index (χ4n) is 3.47. The predicted octanol–water partition coefficient (Wildman–Crippen LogP) is 3.48. The molecular formula is C19H22N2O3. The van der Waals surface area contributed by atoms with Crippen molar-refractivity contribution < 1.29 is 14.6 Å². The van der Waals surface area contributed by atoms with E-state index in [4.69, 9.17) is 4.74 Å². The number of pyridine rings is 1. The monoisotopic (exact) mass is 326 g/mol. The summed E-state index contributed by atoms with van der Waals surface area (Å²) in [5.74, 6) is -0.134. The summed E-state index contributed by atoms with van der Waals surface area (Å²) in [4.78, 5) is 17.6. The number of rotatable bonds is 4.